The van der Waals surface area contributed by atoms with E-state index >= 15 is 0 Å². The number of piperidine rings is 1. The molecule has 0 bridgehead atoms. The summed E-state index contributed by atoms with van der Waals surface area (Å²) in [6, 6.07) is 1.60. The summed E-state index contributed by atoms with van der Waals surface area (Å²) in [6.07, 6.45) is 3.41. The molecule has 0 radical (unpaired) electrons. The second kappa shape index (κ2) is 5.76. The Morgan fingerprint density at radius 3 is 2.63 bits per heavy atom. The van der Waals surface area contributed by atoms with E-state index in [1.165, 1.54) is 0 Å². The van der Waals surface area contributed by atoms with E-state index < -0.39 is 10.0 Å². The Bertz CT molecular complexity index is 554. The lowest BCUT2D eigenvalue weighted by molar-refractivity contribution is 0.288. The van der Waals surface area contributed by atoms with Crippen molar-refractivity contribution in [2.24, 2.45) is 5.92 Å². The van der Waals surface area contributed by atoms with Crippen LogP contribution in [0.15, 0.2) is 21.6 Å². The number of anilines is 1. The molecule has 0 aliphatic carbocycles. The number of rotatable bonds is 3. The first-order valence-electron chi connectivity index (χ1n) is 6.28. The van der Waals surface area contributed by atoms with Gasteiger partial charge in [-0.15, -0.1) is 0 Å². The predicted octanol–water partition coefficient (Wildman–Crippen LogP) is 2.31. The van der Waals surface area contributed by atoms with Gasteiger partial charge in [0.05, 0.1) is 0 Å². The summed E-state index contributed by atoms with van der Waals surface area (Å²) in [5, 5.41) is 2.84. The van der Waals surface area contributed by atoms with Crippen molar-refractivity contribution in [2.75, 3.05) is 25.5 Å². The molecule has 0 spiro atoms. The van der Waals surface area contributed by atoms with E-state index in [1.807, 2.05) is 0 Å². The highest BCUT2D eigenvalue weighted by Crippen LogP contribution is 2.28. The zero-order chi connectivity index (χ0) is 14.0. The van der Waals surface area contributed by atoms with Gasteiger partial charge in [0.15, 0.2) is 0 Å². The Morgan fingerprint density at radius 2 is 2.05 bits per heavy atom. The Hall–Kier alpha value is -0.660. The predicted molar refractivity (Wildman–Crippen MR) is 78.6 cm³/mol. The van der Waals surface area contributed by atoms with Crippen molar-refractivity contribution in [3.63, 3.8) is 0 Å². The van der Waals surface area contributed by atoms with Gasteiger partial charge in [0.1, 0.15) is 10.7 Å². The third-order valence-electron chi connectivity index (χ3n) is 3.42. The van der Waals surface area contributed by atoms with Crippen LogP contribution < -0.4 is 5.32 Å². The Kier molecular flexibility index (Phi) is 4.47. The molecule has 0 amide bonds. The molecule has 1 aromatic rings. The van der Waals surface area contributed by atoms with Gasteiger partial charge in [0, 0.05) is 30.8 Å². The SMILES string of the molecule is CNc1ncc(Br)cc1S(=O)(=O)N1CCC(C)CC1. The van der Waals surface area contributed by atoms with Gasteiger partial charge >= 0.3 is 0 Å². The number of pyridine rings is 1. The highest BCUT2D eigenvalue weighted by Gasteiger charge is 2.30. The Labute approximate surface area is 122 Å². The van der Waals surface area contributed by atoms with Crippen LogP contribution in [0.4, 0.5) is 5.82 Å². The first kappa shape index (κ1) is 14.7. The van der Waals surface area contributed by atoms with Gasteiger partial charge in [0.25, 0.3) is 0 Å². The minimum Gasteiger partial charge on any atom is -0.372 e. The van der Waals surface area contributed by atoms with E-state index in [4.69, 9.17) is 0 Å². The van der Waals surface area contributed by atoms with Gasteiger partial charge in [-0.3, -0.25) is 0 Å². The fourth-order valence-corrected chi connectivity index (χ4v) is 4.30. The van der Waals surface area contributed by atoms with Crippen molar-refractivity contribution in [1.29, 1.82) is 0 Å². The van der Waals surface area contributed by atoms with E-state index in [0.29, 0.717) is 29.3 Å². The first-order chi connectivity index (χ1) is 8.95. The van der Waals surface area contributed by atoms with E-state index in [9.17, 15) is 8.42 Å². The molecule has 0 aromatic carbocycles. The quantitative estimate of drug-likeness (QED) is 0.911. The van der Waals surface area contributed by atoms with E-state index in [1.54, 1.807) is 23.6 Å². The molecular formula is C12H18BrN3O2S. The molecule has 1 aliphatic heterocycles. The molecule has 0 saturated carbocycles. The first-order valence-corrected chi connectivity index (χ1v) is 8.52. The molecule has 1 N–H and O–H groups in total. The summed E-state index contributed by atoms with van der Waals surface area (Å²) in [5.41, 5.74) is 0. The van der Waals surface area contributed by atoms with Crippen LogP contribution in [0.1, 0.15) is 19.8 Å². The number of nitrogens with one attached hydrogen (secondary N) is 1. The van der Waals surface area contributed by atoms with Gasteiger partial charge < -0.3 is 5.32 Å². The molecule has 1 aliphatic rings. The fraction of sp³-hybridized carbons (Fsp3) is 0.583. The van der Waals surface area contributed by atoms with Gasteiger partial charge in [-0.05, 0) is 40.8 Å². The van der Waals surface area contributed by atoms with E-state index in [2.05, 4.69) is 33.2 Å². The molecule has 0 atom stereocenters. The number of hydrogen-bond donors (Lipinski definition) is 1. The molecule has 106 valence electrons. The standard InChI is InChI=1S/C12H18BrN3O2S/c1-9-3-5-16(6-4-9)19(17,18)11-7-10(13)8-15-12(11)14-2/h7-9H,3-6H2,1-2H3,(H,14,15). The largest absolute Gasteiger partial charge is 0.372 e. The van der Waals surface area contributed by atoms with Crippen LogP contribution in [0.2, 0.25) is 0 Å². The average Bonchev–Trinajstić information content (AvgIpc) is 2.39. The minimum atomic E-state index is -3.47. The topological polar surface area (TPSA) is 62.3 Å². The van der Waals surface area contributed by atoms with Gasteiger partial charge in [-0.25, -0.2) is 13.4 Å². The van der Waals surface area contributed by atoms with Crippen LogP contribution >= 0.6 is 15.9 Å². The minimum absolute atomic E-state index is 0.235. The van der Waals surface area contributed by atoms with Crippen molar-refractivity contribution >= 4 is 31.8 Å². The molecule has 1 fully saturated rings. The zero-order valence-electron chi connectivity index (χ0n) is 11.1. The third-order valence-corrected chi connectivity index (χ3v) is 5.76. The maximum Gasteiger partial charge on any atom is 0.246 e. The molecule has 2 rings (SSSR count). The van der Waals surface area contributed by atoms with Crippen LogP contribution in [0.5, 0.6) is 0 Å². The van der Waals surface area contributed by atoms with E-state index in [-0.39, 0.29) is 4.90 Å². The smallest absolute Gasteiger partial charge is 0.246 e. The summed E-state index contributed by atoms with van der Waals surface area (Å²) >= 11 is 3.28. The summed E-state index contributed by atoms with van der Waals surface area (Å²) in [4.78, 5) is 4.34. The molecule has 1 saturated heterocycles. The second-order valence-electron chi connectivity index (χ2n) is 4.84. The maximum atomic E-state index is 12.7. The average molecular weight is 348 g/mol. The van der Waals surface area contributed by atoms with Crippen LogP contribution in [0.3, 0.4) is 0 Å². The number of halogens is 1. The van der Waals surface area contributed by atoms with Crippen molar-refractivity contribution < 1.29 is 8.42 Å². The third kappa shape index (κ3) is 3.09. The van der Waals surface area contributed by atoms with E-state index in [0.717, 1.165) is 12.8 Å². The second-order valence-corrected chi connectivity index (χ2v) is 7.66. The number of hydrogen-bond acceptors (Lipinski definition) is 4. The lowest BCUT2D eigenvalue weighted by Gasteiger charge is -2.29. The molecule has 2 heterocycles. The van der Waals surface area contributed by atoms with Gasteiger partial charge in [0.2, 0.25) is 10.0 Å². The highest BCUT2D eigenvalue weighted by atomic mass is 79.9. The van der Waals surface area contributed by atoms with Crippen LogP contribution in [0.25, 0.3) is 0 Å². The number of sulfonamides is 1. The fourth-order valence-electron chi connectivity index (χ4n) is 2.17. The van der Waals surface area contributed by atoms with Crippen molar-refractivity contribution in [2.45, 2.75) is 24.7 Å². The summed E-state index contributed by atoms with van der Waals surface area (Å²) in [6.45, 7) is 3.32. The van der Waals surface area contributed by atoms with Gasteiger partial charge in [-0.2, -0.15) is 4.31 Å². The lowest BCUT2D eigenvalue weighted by Crippen LogP contribution is -2.38. The van der Waals surface area contributed by atoms with Crippen LogP contribution in [-0.2, 0) is 10.0 Å². The molecular weight excluding hydrogens is 330 g/mol. The molecule has 7 heteroatoms. The maximum absolute atomic E-state index is 12.7. The van der Waals surface area contributed by atoms with Crippen LogP contribution in [-0.4, -0.2) is 37.8 Å². The number of aromatic nitrogens is 1. The Balaban J connectivity index is 2.36. The molecule has 1 aromatic heterocycles. The van der Waals surface area contributed by atoms with Gasteiger partial charge in [-0.1, -0.05) is 6.92 Å². The monoisotopic (exact) mass is 347 g/mol. The lowest BCUT2D eigenvalue weighted by atomic mass is 10.0. The zero-order valence-corrected chi connectivity index (χ0v) is 13.5. The van der Waals surface area contributed by atoms with Crippen molar-refractivity contribution in [1.82, 2.24) is 9.29 Å². The summed E-state index contributed by atoms with van der Waals surface area (Å²) in [5.74, 6) is 0.984. The molecule has 5 nitrogen and oxygen atoms in total. The van der Waals surface area contributed by atoms with Crippen molar-refractivity contribution in [3.05, 3.63) is 16.7 Å². The summed E-state index contributed by atoms with van der Waals surface area (Å²) < 4.78 is 27.5. The molecule has 0 unspecified atom stereocenters. The highest BCUT2D eigenvalue weighted by molar-refractivity contribution is 9.10. The summed E-state index contributed by atoms with van der Waals surface area (Å²) in [7, 11) is -1.80. The molecule has 19 heavy (non-hydrogen) atoms. The number of nitrogens with zero attached hydrogens (tertiary/aromatic N) is 2. The van der Waals surface area contributed by atoms with Crippen molar-refractivity contribution in [3.8, 4) is 0 Å². The van der Waals surface area contributed by atoms with Crippen LogP contribution in [0, 0.1) is 5.92 Å². The normalized spacial score (nSPS) is 18.5. The Morgan fingerprint density at radius 1 is 1.42 bits per heavy atom.